The summed E-state index contributed by atoms with van der Waals surface area (Å²) >= 11 is 0. The lowest BCUT2D eigenvalue weighted by Crippen LogP contribution is -2.31. The molecule has 15 heavy (non-hydrogen) atoms. The summed E-state index contributed by atoms with van der Waals surface area (Å²) < 4.78 is 0. The van der Waals surface area contributed by atoms with Crippen LogP contribution < -0.4 is 5.32 Å². The lowest BCUT2D eigenvalue weighted by molar-refractivity contribution is -0.112. The SMILES string of the molecule is CCCC(CC(C)C(C=O)CC)NC=O. The molecule has 0 heterocycles. The first-order valence-corrected chi connectivity index (χ1v) is 5.84. The largest absolute Gasteiger partial charge is 0.356 e. The molecule has 3 heteroatoms. The lowest BCUT2D eigenvalue weighted by atomic mass is 9.86. The number of aldehydes is 1. The summed E-state index contributed by atoms with van der Waals surface area (Å²) in [4.78, 5) is 21.2. The number of amides is 1. The summed E-state index contributed by atoms with van der Waals surface area (Å²) in [6, 6.07) is 0.219. The number of hydrogen-bond acceptors (Lipinski definition) is 2. The second kappa shape index (κ2) is 8.45. The fourth-order valence-electron chi connectivity index (χ4n) is 1.97. The molecular weight excluding hydrogens is 190 g/mol. The minimum atomic E-state index is 0.123. The molecule has 3 nitrogen and oxygen atoms in total. The van der Waals surface area contributed by atoms with Gasteiger partial charge < -0.3 is 10.1 Å². The minimum Gasteiger partial charge on any atom is -0.356 e. The highest BCUT2D eigenvalue weighted by molar-refractivity contribution is 5.53. The van der Waals surface area contributed by atoms with Gasteiger partial charge in [0.2, 0.25) is 6.41 Å². The van der Waals surface area contributed by atoms with Gasteiger partial charge in [0.05, 0.1) is 0 Å². The zero-order chi connectivity index (χ0) is 11.7. The molecule has 88 valence electrons. The van der Waals surface area contributed by atoms with Crippen molar-refractivity contribution in [3.63, 3.8) is 0 Å². The zero-order valence-electron chi connectivity index (χ0n) is 10.0. The molecule has 1 N–H and O–H groups in total. The molecule has 0 aliphatic heterocycles. The van der Waals surface area contributed by atoms with E-state index < -0.39 is 0 Å². The Kier molecular flexibility index (Phi) is 7.96. The summed E-state index contributed by atoms with van der Waals surface area (Å²) in [6.07, 6.45) is 5.60. The number of nitrogens with one attached hydrogen (secondary N) is 1. The van der Waals surface area contributed by atoms with Crippen molar-refractivity contribution in [3.05, 3.63) is 0 Å². The van der Waals surface area contributed by atoms with Gasteiger partial charge in [0.1, 0.15) is 6.29 Å². The van der Waals surface area contributed by atoms with Crippen LogP contribution in [0.3, 0.4) is 0 Å². The smallest absolute Gasteiger partial charge is 0.207 e. The fourth-order valence-corrected chi connectivity index (χ4v) is 1.97. The highest BCUT2D eigenvalue weighted by Crippen LogP contribution is 2.20. The summed E-state index contributed by atoms with van der Waals surface area (Å²) in [7, 11) is 0. The summed E-state index contributed by atoms with van der Waals surface area (Å²) in [5, 5.41) is 2.82. The van der Waals surface area contributed by atoms with E-state index in [9.17, 15) is 9.59 Å². The van der Waals surface area contributed by atoms with Gasteiger partial charge in [-0.1, -0.05) is 27.2 Å². The lowest BCUT2D eigenvalue weighted by Gasteiger charge is -2.23. The molecule has 0 aromatic carbocycles. The van der Waals surface area contributed by atoms with Crippen molar-refractivity contribution in [1.29, 1.82) is 0 Å². The highest BCUT2D eigenvalue weighted by atomic mass is 16.1. The van der Waals surface area contributed by atoms with Gasteiger partial charge in [0, 0.05) is 12.0 Å². The Balaban J connectivity index is 4.12. The van der Waals surface area contributed by atoms with Crippen LogP contribution in [0.1, 0.15) is 46.5 Å². The van der Waals surface area contributed by atoms with Crippen LogP contribution in [0, 0.1) is 11.8 Å². The van der Waals surface area contributed by atoms with Crippen molar-refractivity contribution >= 4 is 12.7 Å². The van der Waals surface area contributed by atoms with Crippen molar-refractivity contribution in [2.45, 2.75) is 52.5 Å². The third kappa shape index (κ3) is 5.55. The first-order valence-electron chi connectivity index (χ1n) is 5.84. The van der Waals surface area contributed by atoms with Crippen LogP contribution in [0.5, 0.6) is 0 Å². The highest BCUT2D eigenvalue weighted by Gasteiger charge is 2.18. The Labute approximate surface area is 92.6 Å². The summed E-state index contributed by atoms with van der Waals surface area (Å²) in [5.41, 5.74) is 0. The molecule has 1 amide bonds. The van der Waals surface area contributed by atoms with E-state index in [0.29, 0.717) is 5.92 Å². The van der Waals surface area contributed by atoms with Crippen molar-refractivity contribution in [2.75, 3.05) is 0 Å². The Morgan fingerprint density at radius 2 is 1.93 bits per heavy atom. The molecular formula is C12H23NO2. The van der Waals surface area contributed by atoms with Crippen LogP contribution in [-0.2, 0) is 9.59 Å². The fraction of sp³-hybridized carbons (Fsp3) is 0.833. The third-order valence-corrected chi connectivity index (χ3v) is 2.97. The molecule has 0 saturated carbocycles. The first-order chi connectivity index (χ1) is 7.19. The summed E-state index contributed by atoms with van der Waals surface area (Å²) in [6.45, 7) is 6.20. The van der Waals surface area contributed by atoms with Gasteiger partial charge in [-0.3, -0.25) is 4.79 Å². The first kappa shape index (κ1) is 14.1. The predicted octanol–water partition coefficient (Wildman–Crippen LogP) is 2.15. The molecule has 0 radical (unpaired) electrons. The third-order valence-electron chi connectivity index (χ3n) is 2.97. The number of hydrogen-bond donors (Lipinski definition) is 1. The Morgan fingerprint density at radius 3 is 2.33 bits per heavy atom. The van der Waals surface area contributed by atoms with E-state index in [1.165, 1.54) is 0 Å². The average molecular weight is 213 g/mol. The maximum absolute atomic E-state index is 10.8. The second-order valence-electron chi connectivity index (χ2n) is 4.19. The van der Waals surface area contributed by atoms with Crippen LogP contribution in [0.15, 0.2) is 0 Å². The van der Waals surface area contributed by atoms with Crippen LogP contribution in [0.25, 0.3) is 0 Å². The topological polar surface area (TPSA) is 46.2 Å². The Bertz CT molecular complexity index is 182. The number of rotatable bonds is 9. The number of carbonyl (C=O) groups excluding carboxylic acids is 2. The van der Waals surface area contributed by atoms with Gasteiger partial charge in [-0.15, -0.1) is 0 Å². The van der Waals surface area contributed by atoms with Gasteiger partial charge in [0.25, 0.3) is 0 Å². The molecule has 3 atom stereocenters. The van der Waals surface area contributed by atoms with Crippen LogP contribution in [0.4, 0.5) is 0 Å². The van der Waals surface area contributed by atoms with Crippen molar-refractivity contribution in [3.8, 4) is 0 Å². The molecule has 0 spiro atoms. The van der Waals surface area contributed by atoms with E-state index in [1.54, 1.807) is 0 Å². The molecule has 0 saturated heterocycles. The molecule has 0 fully saturated rings. The Hall–Kier alpha value is -0.860. The quantitative estimate of drug-likeness (QED) is 0.596. The van der Waals surface area contributed by atoms with Crippen molar-refractivity contribution in [1.82, 2.24) is 5.32 Å². The monoisotopic (exact) mass is 213 g/mol. The van der Waals surface area contributed by atoms with E-state index in [1.807, 2.05) is 6.92 Å². The van der Waals surface area contributed by atoms with E-state index in [2.05, 4.69) is 19.2 Å². The van der Waals surface area contributed by atoms with Gasteiger partial charge >= 0.3 is 0 Å². The molecule has 0 aliphatic carbocycles. The maximum Gasteiger partial charge on any atom is 0.207 e. The zero-order valence-corrected chi connectivity index (χ0v) is 10.0. The van der Waals surface area contributed by atoms with E-state index >= 15 is 0 Å². The van der Waals surface area contributed by atoms with Crippen LogP contribution in [-0.4, -0.2) is 18.7 Å². The molecule has 0 aliphatic rings. The normalized spacial score (nSPS) is 16.5. The van der Waals surface area contributed by atoms with Crippen LogP contribution >= 0.6 is 0 Å². The van der Waals surface area contributed by atoms with E-state index in [-0.39, 0.29) is 12.0 Å². The van der Waals surface area contributed by atoms with Gasteiger partial charge in [-0.25, -0.2) is 0 Å². The van der Waals surface area contributed by atoms with Crippen LogP contribution in [0.2, 0.25) is 0 Å². The van der Waals surface area contributed by atoms with E-state index in [4.69, 9.17) is 0 Å². The van der Waals surface area contributed by atoms with Gasteiger partial charge in [0.15, 0.2) is 0 Å². The molecule has 0 bridgehead atoms. The van der Waals surface area contributed by atoms with Crippen molar-refractivity contribution < 1.29 is 9.59 Å². The molecule has 0 rings (SSSR count). The van der Waals surface area contributed by atoms with Gasteiger partial charge in [-0.05, 0) is 25.2 Å². The average Bonchev–Trinajstić information content (AvgIpc) is 2.20. The predicted molar refractivity (Wildman–Crippen MR) is 61.5 cm³/mol. The minimum absolute atomic E-state index is 0.123. The molecule has 0 aromatic rings. The second-order valence-corrected chi connectivity index (χ2v) is 4.19. The molecule has 0 aromatic heterocycles. The summed E-state index contributed by atoms with van der Waals surface area (Å²) in [5.74, 6) is 0.467. The standard InChI is InChI=1S/C12H23NO2/c1-4-6-12(13-9-15)7-10(3)11(5-2)8-14/h8-12H,4-7H2,1-3H3,(H,13,15). The Morgan fingerprint density at radius 1 is 1.27 bits per heavy atom. The van der Waals surface area contributed by atoms with Crippen molar-refractivity contribution in [2.24, 2.45) is 11.8 Å². The van der Waals surface area contributed by atoms with E-state index in [0.717, 1.165) is 38.4 Å². The van der Waals surface area contributed by atoms with Gasteiger partial charge in [-0.2, -0.15) is 0 Å². The maximum atomic E-state index is 10.8. The number of carbonyl (C=O) groups is 2. The molecule has 3 unspecified atom stereocenters.